The van der Waals surface area contributed by atoms with E-state index in [-0.39, 0.29) is 0 Å². The van der Waals surface area contributed by atoms with Crippen molar-refractivity contribution in [2.24, 2.45) is 0 Å². The number of rotatable bonds is 0. The number of nitrogens with zero attached hydrogens (tertiary/aromatic N) is 1. The van der Waals surface area contributed by atoms with Gasteiger partial charge >= 0.3 is 0 Å². The molecule has 0 saturated heterocycles. The van der Waals surface area contributed by atoms with Gasteiger partial charge in [0.1, 0.15) is 0 Å². The van der Waals surface area contributed by atoms with Crippen LogP contribution in [0.4, 0.5) is 0 Å². The summed E-state index contributed by atoms with van der Waals surface area (Å²) >= 11 is 3.73. The predicted octanol–water partition coefficient (Wildman–Crippen LogP) is 16.0. The average molecular weight is 662 g/mol. The van der Waals surface area contributed by atoms with Crippen LogP contribution in [0.25, 0.3) is 31.1 Å². The molecule has 0 aliphatic carbocycles. The molecule has 0 bridgehead atoms. The van der Waals surface area contributed by atoms with E-state index < -0.39 is 0 Å². The lowest BCUT2D eigenvalue weighted by Crippen LogP contribution is -1.84. The Morgan fingerprint density at radius 3 is 1.48 bits per heavy atom. The van der Waals surface area contributed by atoms with Crippen LogP contribution >= 0.6 is 22.7 Å². The zero-order valence-corrected chi connectivity index (χ0v) is 34.4. The van der Waals surface area contributed by atoms with Crippen LogP contribution in [-0.2, 0) is 0 Å². The first kappa shape index (κ1) is 47.4. The minimum atomic E-state index is 1.12. The van der Waals surface area contributed by atoms with Gasteiger partial charge in [0.05, 0.1) is 5.52 Å². The fourth-order valence-corrected chi connectivity index (χ4v) is 5.95. The Balaban J connectivity index is -0.000000518. The molecule has 0 fully saturated rings. The SMILES string of the molecule is CC.CC.CC.CC.CC.CC.Cc1ccc(C)c2ncccc12.Cc1ccc2cc(C)sc2c1.Cc1ccc2sc(C)cc2c1. The van der Waals surface area contributed by atoms with Crippen LogP contribution in [-0.4, -0.2) is 4.98 Å². The lowest BCUT2D eigenvalue weighted by atomic mass is 10.1. The van der Waals surface area contributed by atoms with E-state index in [1.807, 2.05) is 118 Å². The third kappa shape index (κ3) is 16.5. The molecule has 0 unspecified atom stereocenters. The summed E-state index contributed by atoms with van der Waals surface area (Å²) in [5.74, 6) is 0. The molecule has 0 aliphatic heterocycles. The van der Waals surface area contributed by atoms with E-state index in [4.69, 9.17) is 0 Å². The standard InChI is InChI=1S/C11H11N.2C10H10S.6C2H6/c1-8-5-6-9(2)11-10(8)4-3-7-12-11;1-7-3-4-10-9(5-7)6-8(2)11-10;1-7-3-4-9-6-8(2)11-10(9)5-7;6*1-2/h3-7H,1-2H3;2*3-6H,1-2H3;6*1-2H3. The zero-order valence-electron chi connectivity index (χ0n) is 32.8. The number of hydrogen-bond donors (Lipinski definition) is 0. The van der Waals surface area contributed by atoms with Crippen molar-refractivity contribution in [3.8, 4) is 0 Å². The number of hydrogen-bond acceptors (Lipinski definition) is 3. The fraction of sp³-hybridized carbons (Fsp3) is 0.419. The zero-order chi connectivity index (χ0) is 36.2. The molecule has 0 amide bonds. The largest absolute Gasteiger partial charge is 0.256 e. The smallest absolute Gasteiger partial charge is 0.0733 e. The maximum Gasteiger partial charge on any atom is 0.0733 e. The summed E-state index contributed by atoms with van der Waals surface area (Å²) < 4.78 is 2.80. The molecule has 46 heavy (non-hydrogen) atoms. The van der Waals surface area contributed by atoms with Gasteiger partial charge in [-0.3, -0.25) is 4.98 Å². The minimum Gasteiger partial charge on any atom is -0.256 e. The number of pyridine rings is 1. The highest BCUT2D eigenvalue weighted by molar-refractivity contribution is 7.19. The van der Waals surface area contributed by atoms with Crippen molar-refractivity contribution >= 4 is 53.7 Å². The van der Waals surface area contributed by atoms with E-state index in [0.717, 1.165) is 5.52 Å². The van der Waals surface area contributed by atoms with Gasteiger partial charge in [0.2, 0.25) is 0 Å². The summed E-state index contributed by atoms with van der Waals surface area (Å²) in [7, 11) is 0. The summed E-state index contributed by atoms with van der Waals surface area (Å²) in [6, 6.07) is 26.0. The molecule has 3 aromatic carbocycles. The van der Waals surface area contributed by atoms with E-state index in [2.05, 4.69) is 113 Å². The van der Waals surface area contributed by atoms with Gasteiger partial charge in [-0.1, -0.05) is 131 Å². The van der Waals surface area contributed by atoms with E-state index in [1.165, 1.54) is 57.6 Å². The first-order valence-electron chi connectivity index (χ1n) is 17.5. The lowest BCUT2D eigenvalue weighted by Gasteiger charge is -2.02. The van der Waals surface area contributed by atoms with Crippen molar-refractivity contribution in [1.82, 2.24) is 4.98 Å². The highest BCUT2D eigenvalue weighted by Gasteiger charge is 1.99. The Bertz CT molecular complexity index is 1450. The average Bonchev–Trinajstić information content (AvgIpc) is 3.68. The van der Waals surface area contributed by atoms with Crippen LogP contribution in [0.15, 0.2) is 79.0 Å². The van der Waals surface area contributed by atoms with Crippen LogP contribution in [0.2, 0.25) is 0 Å². The van der Waals surface area contributed by atoms with Crippen molar-refractivity contribution in [1.29, 1.82) is 0 Å². The van der Waals surface area contributed by atoms with Gasteiger partial charge < -0.3 is 0 Å². The second-order valence-corrected chi connectivity index (χ2v) is 11.5. The van der Waals surface area contributed by atoms with Gasteiger partial charge in [-0.25, -0.2) is 0 Å². The van der Waals surface area contributed by atoms with Gasteiger partial charge in [0.25, 0.3) is 0 Å². The number of aryl methyl sites for hydroxylation is 6. The van der Waals surface area contributed by atoms with Gasteiger partial charge in [-0.15, -0.1) is 22.7 Å². The fourth-order valence-electron chi connectivity index (χ4n) is 4.02. The molecule has 0 N–H and O–H groups in total. The summed E-state index contributed by atoms with van der Waals surface area (Å²) in [4.78, 5) is 7.13. The highest BCUT2D eigenvalue weighted by atomic mass is 32.1. The Hall–Kier alpha value is -3.01. The van der Waals surface area contributed by atoms with Gasteiger partial charge in [0, 0.05) is 30.7 Å². The Morgan fingerprint density at radius 1 is 0.435 bits per heavy atom. The van der Waals surface area contributed by atoms with Crippen LogP contribution in [0.1, 0.15) is 115 Å². The molecule has 6 rings (SSSR count). The van der Waals surface area contributed by atoms with Gasteiger partial charge in [0.15, 0.2) is 0 Å². The van der Waals surface area contributed by atoms with Crippen molar-refractivity contribution in [3.63, 3.8) is 0 Å². The molecule has 0 aliphatic rings. The Kier molecular flexibility index (Phi) is 30.3. The van der Waals surface area contributed by atoms with Crippen molar-refractivity contribution in [3.05, 3.63) is 111 Å². The molecule has 0 saturated carbocycles. The molecule has 3 heterocycles. The minimum absolute atomic E-state index is 1.12. The number of fused-ring (bicyclic) bond motifs is 3. The Morgan fingerprint density at radius 2 is 0.913 bits per heavy atom. The third-order valence-electron chi connectivity index (χ3n) is 5.78. The van der Waals surface area contributed by atoms with Gasteiger partial charge in [-0.2, -0.15) is 0 Å². The number of aromatic nitrogens is 1. The van der Waals surface area contributed by atoms with E-state index in [1.54, 1.807) is 0 Å². The van der Waals surface area contributed by atoms with Crippen LogP contribution < -0.4 is 0 Å². The van der Waals surface area contributed by atoms with Crippen molar-refractivity contribution < 1.29 is 0 Å². The van der Waals surface area contributed by atoms with Gasteiger partial charge in [-0.05, 0) is 99.3 Å². The molecule has 3 heteroatoms. The molecule has 0 spiro atoms. The summed E-state index contributed by atoms with van der Waals surface area (Å²) in [6.07, 6.45) is 1.84. The highest BCUT2D eigenvalue weighted by Crippen LogP contribution is 2.26. The molecule has 1 nitrogen and oxygen atoms in total. The molecule has 6 aromatic rings. The molecular weight excluding hydrogens is 595 g/mol. The predicted molar refractivity (Wildman–Crippen MR) is 222 cm³/mol. The quantitative estimate of drug-likeness (QED) is 0.158. The number of benzene rings is 3. The topological polar surface area (TPSA) is 12.9 Å². The lowest BCUT2D eigenvalue weighted by molar-refractivity contribution is 1.35. The maximum atomic E-state index is 4.34. The Labute approximate surface area is 293 Å². The maximum absolute atomic E-state index is 4.34. The summed E-state index contributed by atoms with van der Waals surface area (Å²) in [5, 5.41) is 4.02. The molecule has 0 radical (unpaired) electrons. The second-order valence-electron chi connectivity index (χ2n) is 8.90. The van der Waals surface area contributed by atoms with E-state index in [9.17, 15) is 0 Å². The molecule has 3 aromatic heterocycles. The van der Waals surface area contributed by atoms with Crippen LogP contribution in [0, 0.1) is 41.5 Å². The first-order chi connectivity index (χ1) is 22.3. The summed E-state index contributed by atoms with van der Waals surface area (Å²) in [5.41, 5.74) is 6.35. The second kappa shape index (κ2) is 29.4. The monoisotopic (exact) mass is 661 g/mol. The van der Waals surface area contributed by atoms with Crippen molar-refractivity contribution in [2.45, 2.75) is 125 Å². The third-order valence-corrected chi connectivity index (χ3v) is 7.83. The normalized spacial score (nSPS) is 8.65. The summed E-state index contributed by atoms with van der Waals surface area (Å²) in [6.45, 7) is 36.8. The molecule has 256 valence electrons. The molecular formula is C43H67NS2. The van der Waals surface area contributed by atoms with E-state index >= 15 is 0 Å². The molecule has 0 atom stereocenters. The van der Waals surface area contributed by atoms with Crippen molar-refractivity contribution in [2.75, 3.05) is 0 Å². The number of thiophene rings is 2. The van der Waals surface area contributed by atoms with E-state index in [0.29, 0.717) is 0 Å². The first-order valence-corrected chi connectivity index (χ1v) is 19.2. The van der Waals surface area contributed by atoms with Crippen LogP contribution in [0.5, 0.6) is 0 Å². The van der Waals surface area contributed by atoms with Crippen LogP contribution in [0.3, 0.4) is 0 Å².